The van der Waals surface area contributed by atoms with E-state index < -0.39 is 59.8 Å². The summed E-state index contributed by atoms with van der Waals surface area (Å²) in [4.78, 5) is 21.4. The van der Waals surface area contributed by atoms with E-state index in [2.05, 4.69) is 9.97 Å². The number of nitrogens with zero attached hydrogens (tertiary/aromatic N) is 4. The molecule has 0 aliphatic carbocycles. The first kappa shape index (κ1) is 33.3. The van der Waals surface area contributed by atoms with E-state index in [0.717, 1.165) is 29.4 Å². The molecule has 0 bridgehead atoms. The maximum absolute atomic E-state index is 13.5. The largest absolute Gasteiger partial charge is 0.490 e. The van der Waals surface area contributed by atoms with Crippen LogP contribution in [0.5, 0.6) is 5.75 Å². The fraction of sp³-hybridized carbons (Fsp3) is 0.370. The first-order valence-corrected chi connectivity index (χ1v) is 12.4. The third kappa shape index (κ3) is 9.38. The lowest BCUT2D eigenvalue weighted by Gasteiger charge is -2.27. The lowest BCUT2D eigenvalue weighted by atomic mass is 10.0. The van der Waals surface area contributed by atoms with Crippen LogP contribution in [-0.2, 0) is 36.4 Å². The molecule has 43 heavy (non-hydrogen) atoms. The zero-order valence-electron chi connectivity index (χ0n) is 22.6. The molecule has 3 aromatic rings. The van der Waals surface area contributed by atoms with Gasteiger partial charge in [-0.05, 0) is 53.9 Å². The minimum atomic E-state index is -5.11. The summed E-state index contributed by atoms with van der Waals surface area (Å²) in [6, 6.07) is 3.87. The van der Waals surface area contributed by atoms with E-state index >= 15 is 0 Å². The first-order chi connectivity index (χ1) is 19.8. The highest BCUT2D eigenvalue weighted by Gasteiger charge is 2.37. The van der Waals surface area contributed by atoms with Gasteiger partial charge in [-0.3, -0.25) is 4.79 Å². The third-order valence-corrected chi connectivity index (χ3v) is 5.97. The second-order valence-corrected chi connectivity index (χ2v) is 9.57. The number of carboxylic acid groups (broad SMARTS) is 1. The summed E-state index contributed by atoms with van der Waals surface area (Å²) in [5.41, 5.74) is -4.24. The standard InChI is InChI=1S/C27H25F9N4O3/c1-39(2)22-6-5-18(25(28,29)30)10-17(22)15-40(24-37-12-21(13-38-24)43-7-3-4-23(41)42)14-16-8-19(26(31,32)33)11-20(9-16)27(34,35)36/h5-6,8-13H,3-4,7,14-15H2,1-2H3,(H,41,42). The molecule has 1 heterocycles. The number of ether oxygens (including phenoxy) is 1. The van der Waals surface area contributed by atoms with Crippen molar-refractivity contribution in [1.82, 2.24) is 9.97 Å². The molecule has 1 N–H and O–H groups in total. The molecular weight excluding hydrogens is 599 g/mol. The van der Waals surface area contributed by atoms with Gasteiger partial charge in [-0.1, -0.05) is 0 Å². The van der Waals surface area contributed by atoms with Crippen LogP contribution in [0, 0.1) is 0 Å². The van der Waals surface area contributed by atoms with Crippen molar-refractivity contribution >= 4 is 17.6 Å². The molecule has 0 saturated carbocycles. The monoisotopic (exact) mass is 624 g/mol. The molecule has 7 nitrogen and oxygen atoms in total. The topological polar surface area (TPSA) is 78.8 Å². The number of hydrogen-bond acceptors (Lipinski definition) is 6. The van der Waals surface area contributed by atoms with Gasteiger partial charge in [0.2, 0.25) is 5.95 Å². The number of carboxylic acids is 1. The van der Waals surface area contributed by atoms with Gasteiger partial charge < -0.3 is 19.6 Å². The van der Waals surface area contributed by atoms with E-state index in [1.807, 2.05) is 0 Å². The summed E-state index contributed by atoms with van der Waals surface area (Å²) in [7, 11) is 3.09. The molecule has 1 aromatic heterocycles. The van der Waals surface area contributed by atoms with E-state index in [4.69, 9.17) is 9.84 Å². The Hall–Kier alpha value is -4.24. The van der Waals surface area contributed by atoms with Crippen LogP contribution in [0.4, 0.5) is 51.1 Å². The molecule has 0 fully saturated rings. The van der Waals surface area contributed by atoms with Crippen LogP contribution in [0.1, 0.15) is 40.7 Å². The van der Waals surface area contributed by atoms with Crippen molar-refractivity contribution in [2.24, 2.45) is 0 Å². The van der Waals surface area contributed by atoms with Gasteiger partial charge in [0, 0.05) is 39.3 Å². The Morgan fingerprint density at radius 3 is 1.86 bits per heavy atom. The number of aromatic nitrogens is 2. The Labute approximate surface area is 239 Å². The molecule has 0 amide bonds. The minimum absolute atomic E-state index is 0.0143. The summed E-state index contributed by atoms with van der Waals surface area (Å²) < 4.78 is 127. The van der Waals surface area contributed by atoms with E-state index in [1.165, 1.54) is 11.0 Å². The maximum Gasteiger partial charge on any atom is 0.416 e. The Balaban J connectivity index is 2.06. The van der Waals surface area contributed by atoms with Crippen LogP contribution >= 0.6 is 0 Å². The summed E-state index contributed by atoms with van der Waals surface area (Å²) >= 11 is 0. The lowest BCUT2D eigenvalue weighted by Crippen LogP contribution is -2.26. The van der Waals surface area contributed by atoms with Gasteiger partial charge in [0.25, 0.3) is 0 Å². The average molecular weight is 625 g/mol. The number of aliphatic carboxylic acids is 1. The van der Waals surface area contributed by atoms with Gasteiger partial charge in [-0.2, -0.15) is 39.5 Å². The second kappa shape index (κ2) is 13.0. The van der Waals surface area contributed by atoms with Crippen LogP contribution in [-0.4, -0.2) is 41.7 Å². The molecular formula is C27H25F9N4O3. The second-order valence-electron chi connectivity index (χ2n) is 9.57. The first-order valence-electron chi connectivity index (χ1n) is 12.4. The highest BCUT2D eigenvalue weighted by molar-refractivity contribution is 5.66. The van der Waals surface area contributed by atoms with Crippen molar-refractivity contribution in [3.05, 3.63) is 76.6 Å². The van der Waals surface area contributed by atoms with Crippen molar-refractivity contribution in [3.63, 3.8) is 0 Å². The average Bonchev–Trinajstić information content (AvgIpc) is 2.89. The van der Waals surface area contributed by atoms with Crippen LogP contribution in [0.15, 0.2) is 48.8 Å². The SMILES string of the molecule is CN(C)c1ccc(C(F)(F)F)cc1CN(Cc1cc(C(F)(F)F)cc(C(F)(F)F)c1)c1ncc(OCCCC(=O)O)cn1. The Morgan fingerprint density at radius 1 is 0.814 bits per heavy atom. The van der Waals surface area contributed by atoms with Gasteiger partial charge in [0.15, 0.2) is 5.75 Å². The molecule has 0 spiro atoms. The fourth-order valence-corrected chi connectivity index (χ4v) is 4.02. The fourth-order valence-electron chi connectivity index (χ4n) is 4.02. The van der Waals surface area contributed by atoms with Crippen molar-refractivity contribution in [1.29, 1.82) is 0 Å². The van der Waals surface area contributed by atoms with Crippen LogP contribution in [0.2, 0.25) is 0 Å². The molecule has 0 atom stereocenters. The van der Waals surface area contributed by atoms with Gasteiger partial charge in [-0.15, -0.1) is 0 Å². The van der Waals surface area contributed by atoms with E-state index in [1.54, 1.807) is 14.1 Å². The van der Waals surface area contributed by atoms with Crippen molar-refractivity contribution in [2.75, 3.05) is 30.5 Å². The summed E-state index contributed by atoms with van der Waals surface area (Å²) in [6.07, 6.45) is -12.7. The summed E-state index contributed by atoms with van der Waals surface area (Å²) in [5.74, 6) is -1.19. The smallest absolute Gasteiger partial charge is 0.416 e. The molecule has 3 rings (SSSR count). The Kier molecular flexibility index (Phi) is 10.0. The molecule has 16 heteroatoms. The van der Waals surface area contributed by atoms with Gasteiger partial charge in [0.1, 0.15) is 0 Å². The number of benzene rings is 2. The van der Waals surface area contributed by atoms with Gasteiger partial charge in [-0.25, -0.2) is 9.97 Å². The zero-order chi connectivity index (χ0) is 32.2. The Bertz CT molecular complexity index is 1370. The van der Waals surface area contributed by atoms with E-state index in [0.29, 0.717) is 17.8 Å². The van der Waals surface area contributed by atoms with Crippen LogP contribution in [0.3, 0.4) is 0 Å². The molecule has 0 saturated heterocycles. The predicted octanol–water partition coefficient (Wildman–Crippen LogP) is 7.05. The lowest BCUT2D eigenvalue weighted by molar-refractivity contribution is -0.143. The minimum Gasteiger partial charge on any atom is -0.490 e. The molecule has 0 aliphatic heterocycles. The van der Waals surface area contributed by atoms with E-state index in [9.17, 15) is 44.3 Å². The van der Waals surface area contributed by atoms with Crippen molar-refractivity contribution in [2.45, 2.75) is 44.5 Å². The summed E-state index contributed by atoms with van der Waals surface area (Å²) in [5, 5.41) is 8.71. The molecule has 234 valence electrons. The molecule has 2 aromatic carbocycles. The zero-order valence-corrected chi connectivity index (χ0v) is 22.6. The quantitative estimate of drug-likeness (QED) is 0.181. The number of halogens is 9. The molecule has 0 unspecified atom stereocenters. The highest BCUT2D eigenvalue weighted by atomic mass is 19.4. The Morgan fingerprint density at radius 2 is 1.37 bits per heavy atom. The predicted molar refractivity (Wildman–Crippen MR) is 137 cm³/mol. The molecule has 0 aliphatic rings. The van der Waals surface area contributed by atoms with Crippen molar-refractivity contribution in [3.8, 4) is 5.75 Å². The summed E-state index contributed by atoms with van der Waals surface area (Å²) in [6.45, 7) is -1.09. The number of anilines is 2. The van der Waals surface area contributed by atoms with E-state index in [-0.39, 0.29) is 42.8 Å². The van der Waals surface area contributed by atoms with Crippen LogP contribution < -0.4 is 14.5 Å². The molecule has 0 radical (unpaired) electrons. The number of rotatable bonds is 11. The third-order valence-electron chi connectivity index (χ3n) is 5.97. The van der Waals surface area contributed by atoms with Crippen LogP contribution in [0.25, 0.3) is 0 Å². The number of carbonyl (C=O) groups is 1. The number of alkyl halides is 9. The van der Waals surface area contributed by atoms with Gasteiger partial charge in [0.05, 0.1) is 35.7 Å². The number of hydrogen-bond donors (Lipinski definition) is 1. The maximum atomic E-state index is 13.5. The normalized spacial score (nSPS) is 12.3. The van der Waals surface area contributed by atoms with Gasteiger partial charge >= 0.3 is 24.5 Å². The van der Waals surface area contributed by atoms with Crippen molar-refractivity contribution < 1.29 is 54.2 Å². The highest BCUT2D eigenvalue weighted by Crippen LogP contribution is 2.38.